The molecular weight excluding hydrogens is 514 g/mol. The van der Waals surface area contributed by atoms with Crippen LogP contribution >= 0.6 is 28.1 Å². The second-order valence-corrected chi connectivity index (χ2v) is 9.94. The van der Waals surface area contributed by atoms with Crippen LogP contribution in [-0.4, -0.2) is 24.0 Å². The molecule has 3 N–H and O–H groups in total. The van der Waals surface area contributed by atoms with Gasteiger partial charge in [-0.3, -0.25) is 14.9 Å². The van der Waals surface area contributed by atoms with Gasteiger partial charge in [-0.15, -0.1) is 0 Å². The van der Waals surface area contributed by atoms with Crippen LogP contribution in [0, 0.1) is 0 Å². The Morgan fingerprint density at radius 2 is 1.53 bits per heavy atom. The number of thiocarbonyl (C=S) groups is 1. The molecule has 3 rings (SSSR count). The van der Waals surface area contributed by atoms with E-state index in [9.17, 15) is 9.59 Å². The lowest BCUT2D eigenvalue weighted by atomic mass is 9.87. The first-order valence-corrected chi connectivity index (χ1v) is 11.7. The molecule has 8 heteroatoms. The summed E-state index contributed by atoms with van der Waals surface area (Å²) >= 11 is 8.64. The van der Waals surface area contributed by atoms with Crippen LogP contribution in [0.2, 0.25) is 0 Å². The third-order valence-corrected chi connectivity index (χ3v) is 5.72. The molecule has 0 spiro atoms. The highest BCUT2D eigenvalue weighted by molar-refractivity contribution is 9.10. The summed E-state index contributed by atoms with van der Waals surface area (Å²) in [5.74, 6) is -0.183. The van der Waals surface area contributed by atoms with E-state index in [1.807, 2.05) is 24.3 Å². The van der Waals surface area contributed by atoms with E-state index >= 15 is 0 Å². The molecule has 0 bridgehead atoms. The van der Waals surface area contributed by atoms with E-state index in [1.165, 1.54) is 7.11 Å². The molecule has 0 aliphatic heterocycles. The van der Waals surface area contributed by atoms with Crippen molar-refractivity contribution < 1.29 is 14.3 Å². The lowest BCUT2D eigenvalue weighted by molar-refractivity contribution is 0.0973. The molecule has 0 unspecified atom stereocenters. The monoisotopic (exact) mass is 539 g/mol. The van der Waals surface area contributed by atoms with Crippen LogP contribution in [0.1, 0.15) is 47.1 Å². The first-order chi connectivity index (χ1) is 16.1. The third kappa shape index (κ3) is 6.65. The zero-order chi connectivity index (χ0) is 24.9. The lowest BCUT2D eigenvalue weighted by Gasteiger charge is -2.19. The van der Waals surface area contributed by atoms with E-state index in [0.29, 0.717) is 28.3 Å². The number of anilines is 2. The molecule has 0 fully saturated rings. The van der Waals surface area contributed by atoms with Crippen molar-refractivity contribution in [2.75, 3.05) is 17.7 Å². The Morgan fingerprint density at radius 3 is 2.15 bits per heavy atom. The van der Waals surface area contributed by atoms with Crippen LogP contribution in [0.5, 0.6) is 5.75 Å². The van der Waals surface area contributed by atoms with Gasteiger partial charge in [-0.2, -0.15) is 0 Å². The fraction of sp³-hybridized carbons (Fsp3) is 0.192. The minimum absolute atomic E-state index is 0.0188. The zero-order valence-corrected chi connectivity index (χ0v) is 21.8. The second-order valence-electron chi connectivity index (χ2n) is 8.62. The standard InChI is InChI=1S/C26H26BrN3O3S/c1-26(2,3)17-10-8-16(9-11-17)23(31)28-19-6-5-7-20(15-19)29-25(34)30-24(32)21-14-18(27)12-13-22(21)33-4/h5-15H,1-4H3,(H,28,31)(H2,29,30,32,34). The van der Waals surface area contributed by atoms with Gasteiger partial charge in [0, 0.05) is 21.4 Å². The summed E-state index contributed by atoms with van der Waals surface area (Å²) in [6, 6.07) is 19.8. The molecule has 0 saturated carbocycles. The van der Waals surface area contributed by atoms with Gasteiger partial charge in [-0.1, -0.05) is 54.9 Å². The first kappa shape index (κ1) is 25.4. The average Bonchev–Trinajstić information content (AvgIpc) is 2.78. The Bertz CT molecular complexity index is 1220. The molecule has 176 valence electrons. The smallest absolute Gasteiger partial charge is 0.261 e. The lowest BCUT2D eigenvalue weighted by Crippen LogP contribution is -2.34. The Balaban J connectivity index is 1.64. The van der Waals surface area contributed by atoms with E-state index in [4.69, 9.17) is 17.0 Å². The van der Waals surface area contributed by atoms with E-state index in [0.717, 1.165) is 10.0 Å². The normalized spacial score (nSPS) is 10.9. The predicted octanol–water partition coefficient (Wildman–Crippen LogP) is 6.13. The molecule has 0 radical (unpaired) electrons. The molecule has 0 heterocycles. The SMILES string of the molecule is COc1ccc(Br)cc1C(=O)NC(=S)Nc1cccc(NC(=O)c2ccc(C(C)(C)C)cc2)c1. The number of rotatable bonds is 5. The maximum absolute atomic E-state index is 12.7. The van der Waals surface area contributed by atoms with Gasteiger partial charge < -0.3 is 15.4 Å². The van der Waals surface area contributed by atoms with E-state index in [-0.39, 0.29) is 16.4 Å². The zero-order valence-electron chi connectivity index (χ0n) is 19.4. The van der Waals surface area contributed by atoms with Crippen molar-refractivity contribution in [3.05, 3.63) is 87.9 Å². The summed E-state index contributed by atoms with van der Waals surface area (Å²) in [6.07, 6.45) is 0. The highest BCUT2D eigenvalue weighted by Crippen LogP contribution is 2.24. The average molecular weight is 540 g/mol. The molecule has 0 aromatic heterocycles. The summed E-state index contributed by atoms with van der Waals surface area (Å²) in [7, 11) is 1.50. The number of benzene rings is 3. The Kier molecular flexibility index (Phi) is 8.06. The number of ether oxygens (including phenoxy) is 1. The Hall–Kier alpha value is -3.23. The number of carbonyl (C=O) groups excluding carboxylic acids is 2. The van der Waals surface area contributed by atoms with Crippen molar-refractivity contribution in [1.29, 1.82) is 0 Å². The summed E-state index contributed by atoms with van der Waals surface area (Å²) in [4.78, 5) is 25.3. The summed E-state index contributed by atoms with van der Waals surface area (Å²) in [5.41, 5.74) is 3.30. The van der Waals surface area contributed by atoms with E-state index in [1.54, 1.807) is 42.5 Å². The fourth-order valence-corrected chi connectivity index (χ4v) is 3.76. The molecule has 34 heavy (non-hydrogen) atoms. The van der Waals surface area contributed by atoms with Gasteiger partial charge in [0.05, 0.1) is 12.7 Å². The number of hydrogen-bond donors (Lipinski definition) is 3. The van der Waals surface area contributed by atoms with Crippen molar-refractivity contribution in [2.24, 2.45) is 0 Å². The predicted molar refractivity (Wildman–Crippen MR) is 144 cm³/mol. The maximum atomic E-state index is 12.7. The van der Waals surface area contributed by atoms with Crippen LogP contribution in [0.15, 0.2) is 71.2 Å². The Labute approximate surface area is 213 Å². The Morgan fingerprint density at radius 1 is 0.882 bits per heavy atom. The molecule has 0 aliphatic rings. The van der Waals surface area contributed by atoms with Crippen LogP contribution in [0.3, 0.4) is 0 Å². The molecule has 6 nitrogen and oxygen atoms in total. The molecular formula is C26H26BrN3O3S. The van der Waals surface area contributed by atoms with Gasteiger partial charge in [0.25, 0.3) is 11.8 Å². The van der Waals surface area contributed by atoms with Gasteiger partial charge in [0.2, 0.25) is 0 Å². The number of methoxy groups -OCH3 is 1. The molecule has 3 aromatic rings. The quantitative estimate of drug-likeness (QED) is 0.339. The van der Waals surface area contributed by atoms with Crippen LogP contribution in [0.4, 0.5) is 11.4 Å². The first-order valence-electron chi connectivity index (χ1n) is 10.5. The van der Waals surface area contributed by atoms with Crippen molar-refractivity contribution in [2.45, 2.75) is 26.2 Å². The largest absolute Gasteiger partial charge is 0.496 e. The summed E-state index contributed by atoms with van der Waals surface area (Å²) < 4.78 is 5.99. The number of nitrogens with one attached hydrogen (secondary N) is 3. The molecule has 0 saturated heterocycles. The van der Waals surface area contributed by atoms with Crippen molar-refractivity contribution in [1.82, 2.24) is 5.32 Å². The van der Waals surface area contributed by atoms with Crippen molar-refractivity contribution in [3.63, 3.8) is 0 Å². The number of amides is 2. The topological polar surface area (TPSA) is 79.5 Å². The summed E-state index contributed by atoms with van der Waals surface area (Å²) in [6.45, 7) is 6.38. The van der Waals surface area contributed by atoms with Gasteiger partial charge in [-0.05, 0) is 71.7 Å². The number of halogens is 1. The maximum Gasteiger partial charge on any atom is 0.261 e. The van der Waals surface area contributed by atoms with E-state index in [2.05, 4.69) is 52.7 Å². The second kappa shape index (κ2) is 10.8. The van der Waals surface area contributed by atoms with Gasteiger partial charge >= 0.3 is 0 Å². The highest BCUT2D eigenvalue weighted by atomic mass is 79.9. The van der Waals surface area contributed by atoms with Crippen molar-refractivity contribution >= 4 is 56.4 Å². The number of hydrogen-bond acceptors (Lipinski definition) is 4. The molecule has 0 atom stereocenters. The minimum atomic E-state index is -0.404. The van der Waals surface area contributed by atoms with Crippen molar-refractivity contribution in [3.8, 4) is 5.75 Å². The molecule has 0 aliphatic carbocycles. The minimum Gasteiger partial charge on any atom is -0.496 e. The summed E-state index contributed by atoms with van der Waals surface area (Å²) in [5, 5.41) is 8.62. The molecule has 3 aromatic carbocycles. The van der Waals surface area contributed by atoms with Crippen LogP contribution < -0.4 is 20.7 Å². The number of carbonyl (C=O) groups is 2. The molecule has 2 amide bonds. The van der Waals surface area contributed by atoms with Gasteiger partial charge in [0.15, 0.2) is 5.11 Å². The van der Waals surface area contributed by atoms with E-state index < -0.39 is 5.91 Å². The van der Waals surface area contributed by atoms with Crippen LogP contribution in [0.25, 0.3) is 0 Å². The van der Waals surface area contributed by atoms with Crippen LogP contribution in [-0.2, 0) is 5.41 Å². The third-order valence-electron chi connectivity index (χ3n) is 5.02. The fourth-order valence-electron chi connectivity index (χ4n) is 3.19. The van der Waals surface area contributed by atoms with Gasteiger partial charge in [0.1, 0.15) is 5.75 Å². The highest BCUT2D eigenvalue weighted by Gasteiger charge is 2.16. The van der Waals surface area contributed by atoms with Gasteiger partial charge in [-0.25, -0.2) is 0 Å².